The van der Waals surface area contributed by atoms with Gasteiger partial charge in [-0.05, 0) is 48.8 Å². The molecule has 2 nitrogen and oxygen atoms in total. The van der Waals surface area contributed by atoms with Crippen LogP contribution < -0.4 is 0 Å². The first-order valence-corrected chi connectivity index (χ1v) is 4.65. The Morgan fingerprint density at radius 1 is 1.42 bits per heavy atom. The lowest BCUT2D eigenvalue weighted by Crippen LogP contribution is -2.18. The minimum absolute atomic E-state index is 0.112. The van der Waals surface area contributed by atoms with Crippen LogP contribution in [0.4, 0.5) is 0 Å². The minimum Gasteiger partial charge on any atom is -0.452 e. The third-order valence-electron chi connectivity index (χ3n) is 1.28. The molecule has 1 heterocycles. The Morgan fingerprint density at radius 3 is 2.50 bits per heavy atom. The van der Waals surface area contributed by atoms with Crippen molar-refractivity contribution in [3.63, 3.8) is 0 Å². The van der Waals surface area contributed by atoms with Crippen LogP contribution in [0.1, 0.15) is 26.5 Å². The van der Waals surface area contributed by atoms with Gasteiger partial charge in [0.2, 0.25) is 0 Å². The molecule has 0 atom stereocenters. The zero-order chi connectivity index (χ0) is 9.19. The fourth-order valence-electron chi connectivity index (χ4n) is 0.717. The van der Waals surface area contributed by atoms with Crippen LogP contribution in [0.2, 0.25) is 0 Å². The van der Waals surface area contributed by atoms with Crippen LogP contribution in [0.25, 0.3) is 0 Å². The molecule has 0 unspecified atom stereocenters. The lowest BCUT2D eigenvalue weighted by atomic mass is 10.2. The molecule has 1 rings (SSSR count). The van der Waals surface area contributed by atoms with Gasteiger partial charge in [0.25, 0.3) is 0 Å². The second kappa shape index (κ2) is 3.62. The molecule has 0 fully saturated rings. The molecule has 0 aliphatic rings. The van der Waals surface area contributed by atoms with E-state index in [1.54, 1.807) is 0 Å². The SMILES string of the molecule is CC(C)(C)OCc1ccc(Br)o1. The third-order valence-corrected chi connectivity index (χ3v) is 1.70. The van der Waals surface area contributed by atoms with Crippen LogP contribution in [0.3, 0.4) is 0 Å². The van der Waals surface area contributed by atoms with Crippen molar-refractivity contribution in [3.8, 4) is 0 Å². The molecule has 0 radical (unpaired) electrons. The van der Waals surface area contributed by atoms with Gasteiger partial charge in [-0.2, -0.15) is 0 Å². The molecular weight excluding hydrogens is 220 g/mol. The van der Waals surface area contributed by atoms with Gasteiger partial charge in [-0.25, -0.2) is 0 Å². The van der Waals surface area contributed by atoms with Gasteiger partial charge in [0.15, 0.2) is 4.67 Å². The highest BCUT2D eigenvalue weighted by atomic mass is 79.9. The van der Waals surface area contributed by atoms with Crippen LogP contribution in [0.5, 0.6) is 0 Å². The smallest absolute Gasteiger partial charge is 0.169 e. The predicted molar refractivity (Wildman–Crippen MR) is 51.0 cm³/mol. The van der Waals surface area contributed by atoms with Crippen molar-refractivity contribution in [2.75, 3.05) is 0 Å². The van der Waals surface area contributed by atoms with Gasteiger partial charge >= 0.3 is 0 Å². The first-order chi connectivity index (χ1) is 5.47. The second-order valence-electron chi connectivity index (χ2n) is 3.61. The molecule has 0 saturated carbocycles. The third kappa shape index (κ3) is 3.41. The van der Waals surface area contributed by atoms with Crippen LogP contribution in [0.15, 0.2) is 21.2 Å². The van der Waals surface area contributed by atoms with E-state index in [2.05, 4.69) is 15.9 Å². The molecule has 3 heteroatoms. The number of halogens is 1. The predicted octanol–water partition coefficient (Wildman–Crippen LogP) is 3.36. The standard InChI is InChI=1S/C9H13BrO2/c1-9(2,3)11-6-7-4-5-8(10)12-7/h4-5H,6H2,1-3H3. The molecule has 0 aromatic carbocycles. The van der Waals surface area contributed by atoms with E-state index in [9.17, 15) is 0 Å². The molecule has 0 aliphatic heterocycles. The monoisotopic (exact) mass is 232 g/mol. The van der Waals surface area contributed by atoms with Crippen molar-refractivity contribution >= 4 is 15.9 Å². The van der Waals surface area contributed by atoms with Gasteiger partial charge in [0, 0.05) is 0 Å². The molecule has 0 saturated heterocycles. The van der Waals surface area contributed by atoms with E-state index in [-0.39, 0.29) is 5.60 Å². The van der Waals surface area contributed by atoms with Gasteiger partial charge in [0.1, 0.15) is 12.4 Å². The highest BCUT2D eigenvalue weighted by molar-refractivity contribution is 9.10. The Hall–Kier alpha value is -0.280. The first kappa shape index (κ1) is 9.81. The maximum atomic E-state index is 5.51. The molecule has 68 valence electrons. The van der Waals surface area contributed by atoms with Gasteiger partial charge in [-0.1, -0.05) is 0 Å². The summed E-state index contributed by atoms with van der Waals surface area (Å²) < 4.78 is 11.5. The number of ether oxygens (including phenoxy) is 1. The average molecular weight is 233 g/mol. The molecule has 1 aromatic heterocycles. The Morgan fingerprint density at radius 2 is 2.08 bits per heavy atom. The van der Waals surface area contributed by atoms with Gasteiger partial charge < -0.3 is 9.15 Å². The zero-order valence-electron chi connectivity index (χ0n) is 7.56. The fourth-order valence-corrected chi connectivity index (χ4v) is 1.06. The van der Waals surface area contributed by atoms with E-state index in [1.807, 2.05) is 32.9 Å². The minimum atomic E-state index is -0.112. The van der Waals surface area contributed by atoms with Crippen molar-refractivity contribution in [1.82, 2.24) is 0 Å². The average Bonchev–Trinajstić information content (AvgIpc) is 2.30. The van der Waals surface area contributed by atoms with Crippen molar-refractivity contribution in [1.29, 1.82) is 0 Å². The van der Waals surface area contributed by atoms with Crippen molar-refractivity contribution < 1.29 is 9.15 Å². The molecule has 12 heavy (non-hydrogen) atoms. The molecule has 0 aliphatic carbocycles. The second-order valence-corrected chi connectivity index (χ2v) is 4.39. The Labute approximate surface area is 81.0 Å². The summed E-state index contributed by atoms with van der Waals surface area (Å²) in [7, 11) is 0. The summed E-state index contributed by atoms with van der Waals surface area (Å²) in [4.78, 5) is 0. The molecular formula is C9H13BrO2. The highest BCUT2D eigenvalue weighted by Gasteiger charge is 2.11. The van der Waals surface area contributed by atoms with E-state index < -0.39 is 0 Å². The van der Waals surface area contributed by atoms with Crippen LogP contribution in [-0.2, 0) is 11.3 Å². The summed E-state index contributed by atoms with van der Waals surface area (Å²) in [6.07, 6.45) is 0. The molecule has 0 bridgehead atoms. The largest absolute Gasteiger partial charge is 0.452 e. The summed E-state index contributed by atoms with van der Waals surface area (Å²) in [5.41, 5.74) is -0.112. The number of furan rings is 1. The maximum Gasteiger partial charge on any atom is 0.169 e. The van der Waals surface area contributed by atoms with Crippen molar-refractivity contribution in [3.05, 3.63) is 22.6 Å². The summed E-state index contributed by atoms with van der Waals surface area (Å²) in [5.74, 6) is 0.844. The summed E-state index contributed by atoms with van der Waals surface area (Å²) >= 11 is 3.23. The van der Waals surface area contributed by atoms with Gasteiger partial charge in [0.05, 0.1) is 5.60 Å². The van der Waals surface area contributed by atoms with Gasteiger partial charge in [-0.15, -0.1) is 0 Å². The summed E-state index contributed by atoms with van der Waals surface area (Å²) in [6, 6.07) is 3.76. The van der Waals surface area contributed by atoms with E-state index in [1.165, 1.54) is 0 Å². The Balaban J connectivity index is 2.44. The van der Waals surface area contributed by atoms with Crippen molar-refractivity contribution in [2.45, 2.75) is 33.0 Å². The summed E-state index contributed by atoms with van der Waals surface area (Å²) in [5, 5.41) is 0. The topological polar surface area (TPSA) is 22.4 Å². The molecule has 0 spiro atoms. The normalized spacial score (nSPS) is 12.0. The van der Waals surface area contributed by atoms with Crippen molar-refractivity contribution in [2.24, 2.45) is 0 Å². The quantitative estimate of drug-likeness (QED) is 0.781. The highest BCUT2D eigenvalue weighted by Crippen LogP contribution is 2.17. The number of hydrogen-bond acceptors (Lipinski definition) is 2. The van der Waals surface area contributed by atoms with Gasteiger partial charge in [-0.3, -0.25) is 0 Å². The lowest BCUT2D eigenvalue weighted by Gasteiger charge is -2.18. The Bertz CT molecular complexity index is 247. The van der Waals surface area contributed by atoms with E-state index in [0.29, 0.717) is 6.61 Å². The van der Waals surface area contributed by atoms with E-state index >= 15 is 0 Å². The number of hydrogen-bond donors (Lipinski definition) is 0. The lowest BCUT2D eigenvalue weighted by molar-refractivity contribution is -0.0226. The molecule has 0 N–H and O–H groups in total. The van der Waals surface area contributed by atoms with Crippen LogP contribution >= 0.6 is 15.9 Å². The Kier molecular flexibility index (Phi) is 2.96. The van der Waals surface area contributed by atoms with Crippen LogP contribution in [0, 0.1) is 0 Å². The van der Waals surface area contributed by atoms with E-state index in [4.69, 9.17) is 9.15 Å². The first-order valence-electron chi connectivity index (χ1n) is 3.85. The zero-order valence-corrected chi connectivity index (χ0v) is 9.14. The molecule has 1 aromatic rings. The molecule has 0 amide bonds. The summed E-state index contributed by atoms with van der Waals surface area (Å²) in [6.45, 7) is 6.58. The fraction of sp³-hybridized carbons (Fsp3) is 0.556. The van der Waals surface area contributed by atoms with E-state index in [0.717, 1.165) is 10.4 Å². The maximum absolute atomic E-state index is 5.51. The number of rotatable bonds is 2. The van der Waals surface area contributed by atoms with Crippen LogP contribution in [-0.4, -0.2) is 5.60 Å².